The third kappa shape index (κ3) is 3.32. The SMILES string of the molecule is CO[C@@H]1C[C@@]2(C)[C@@H](F)[C@H](Oc3ccc(-c4ccc(-n5ccnc5)cc4O)nn3)CC1N2C. The summed E-state index contributed by atoms with van der Waals surface area (Å²) >= 11 is 0. The van der Waals surface area contributed by atoms with Crippen molar-refractivity contribution in [2.24, 2.45) is 0 Å². The molecule has 2 fully saturated rings. The van der Waals surface area contributed by atoms with Crippen LogP contribution < -0.4 is 4.74 Å². The van der Waals surface area contributed by atoms with E-state index in [9.17, 15) is 5.11 Å². The summed E-state index contributed by atoms with van der Waals surface area (Å²) in [4.78, 5) is 6.09. The van der Waals surface area contributed by atoms with Crippen molar-refractivity contribution in [3.63, 3.8) is 0 Å². The Bertz CT molecular complexity index is 1090. The van der Waals surface area contributed by atoms with Crippen LogP contribution in [0.3, 0.4) is 0 Å². The summed E-state index contributed by atoms with van der Waals surface area (Å²) in [7, 11) is 3.62. The fourth-order valence-electron chi connectivity index (χ4n) is 5.03. The number of hydrogen-bond donors (Lipinski definition) is 1. The molecule has 0 radical (unpaired) electrons. The standard InChI is InChI=1S/C23H26FN5O3/c1-23-12-20(31-3)17(28(23)2)11-19(22(23)24)32-21-7-6-16(26-27-21)15-5-4-14(10-18(15)30)29-9-8-25-13-29/h4-10,13,17,19-20,22,30H,11-12H2,1-3H3/t17?,19-,20-,22+,23+/m1/s1. The van der Waals surface area contributed by atoms with Gasteiger partial charge in [0.1, 0.15) is 11.9 Å². The molecule has 2 bridgehead atoms. The first-order chi connectivity index (χ1) is 15.4. The molecule has 2 aliphatic rings. The highest BCUT2D eigenvalue weighted by atomic mass is 19.1. The lowest BCUT2D eigenvalue weighted by Gasteiger charge is -2.45. The summed E-state index contributed by atoms with van der Waals surface area (Å²) in [6.07, 6.45) is 4.46. The summed E-state index contributed by atoms with van der Waals surface area (Å²) in [5.41, 5.74) is 1.19. The number of alkyl halides is 1. The molecule has 0 aliphatic carbocycles. The van der Waals surface area contributed by atoms with Crippen molar-refractivity contribution in [1.82, 2.24) is 24.6 Å². The zero-order valence-corrected chi connectivity index (χ0v) is 18.2. The molecular formula is C23H26FN5O3. The molecule has 2 aliphatic heterocycles. The number of likely N-dealkylation sites (N-methyl/N-ethyl adjacent to an activating group) is 1. The highest BCUT2D eigenvalue weighted by Gasteiger charge is 2.59. The minimum atomic E-state index is -1.18. The largest absolute Gasteiger partial charge is 0.507 e. The Morgan fingerprint density at radius 1 is 1.19 bits per heavy atom. The Hall–Kier alpha value is -3.04. The first-order valence-corrected chi connectivity index (χ1v) is 10.6. The van der Waals surface area contributed by atoms with Crippen LogP contribution in [-0.2, 0) is 4.74 Å². The Balaban J connectivity index is 1.33. The number of piperidine rings is 1. The highest BCUT2D eigenvalue weighted by Crippen LogP contribution is 2.46. The minimum Gasteiger partial charge on any atom is -0.507 e. The quantitative estimate of drug-likeness (QED) is 0.654. The van der Waals surface area contributed by atoms with E-state index in [-0.39, 0.29) is 23.8 Å². The second-order valence-corrected chi connectivity index (χ2v) is 8.74. The molecular weight excluding hydrogens is 413 g/mol. The average molecular weight is 439 g/mol. The number of phenolic OH excluding ortho intramolecular Hbond substituents is 1. The van der Waals surface area contributed by atoms with Crippen molar-refractivity contribution in [2.75, 3.05) is 14.2 Å². The van der Waals surface area contributed by atoms with E-state index in [1.54, 1.807) is 54.7 Å². The summed E-state index contributed by atoms with van der Waals surface area (Å²) in [5, 5.41) is 18.8. The fraction of sp³-hybridized carbons (Fsp3) is 0.435. The zero-order valence-electron chi connectivity index (χ0n) is 18.2. The van der Waals surface area contributed by atoms with Gasteiger partial charge in [-0.2, -0.15) is 0 Å². The molecule has 1 unspecified atom stereocenters. The second-order valence-electron chi connectivity index (χ2n) is 8.74. The smallest absolute Gasteiger partial charge is 0.233 e. The van der Waals surface area contributed by atoms with E-state index < -0.39 is 17.8 Å². The van der Waals surface area contributed by atoms with Gasteiger partial charge >= 0.3 is 0 Å². The fourth-order valence-corrected chi connectivity index (χ4v) is 5.03. The number of ether oxygens (including phenoxy) is 2. The summed E-state index contributed by atoms with van der Waals surface area (Å²) in [5.74, 6) is 0.339. The number of halogens is 1. The zero-order chi connectivity index (χ0) is 22.5. The number of nitrogens with zero attached hydrogens (tertiary/aromatic N) is 5. The van der Waals surface area contributed by atoms with Crippen molar-refractivity contribution in [2.45, 2.75) is 49.7 Å². The summed E-state index contributed by atoms with van der Waals surface area (Å²) in [6.45, 7) is 1.92. The van der Waals surface area contributed by atoms with Crippen LogP contribution in [0.4, 0.5) is 4.39 Å². The average Bonchev–Trinajstić information content (AvgIpc) is 3.39. The Kier molecular flexibility index (Phi) is 5.10. The number of fused-ring (bicyclic) bond motifs is 2. The van der Waals surface area contributed by atoms with Gasteiger partial charge in [0.05, 0.1) is 29.4 Å². The molecule has 32 heavy (non-hydrogen) atoms. The lowest BCUT2D eigenvalue weighted by molar-refractivity contribution is -0.0649. The van der Waals surface area contributed by atoms with Crippen molar-refractivity contribution in [3.05, 3.63) is 49.1 Å². The molecule has 5 atom stereocenters. The molecule has 4 heterocycles. The normalized spacial score (nSPS) is 29.9. The van der Waals surface area contributed by atoms with Crippen molar-refractivity contribution < 1.29 is 19.0 Å². The molecule has 0 amide bonds. The lowest BCUT2D eigenvalue weighted by Crippen LogP contribution is -2.60. The van der Waals surface area contributed by atoms with Gasteiger partial charge in [-0.15, -0.1) is 10.2 Å². The predicted octanol–water partition coefficient (Wildman–Crippen LogP) is 3.00. The number of aromatic hydroxyl groups is 1. The molecule has 2 saturated heterocycles. The number of imidazole rings is 1. The van der Waals surface area contributed by atoms with Gasteiger partial charge in [0.25, 0.3) is 0 Å². The molecule has 0 spiro atoms. The third-order valence-corrected chi connectivity index (χ3v) is 7.02. The number of aromatic nitrogens is 4. The van der Waals surface area contributed by atoms with E-state index in [1.165, 1.54) is 0 Å². The Labute approximate surface area is 185 Å². The summed E-state index contributed by atoms with van der Waals surface area (Å²) < 4.78 is 28.7. The molecule has 2 aromatic heterocycles. The molecule has 1 N–H and O–H groups in total. The molecule has 8 nitrogen and oxygen atoms in total. The predicted molar refractivity (Wildman–Crippen MR) is 116 cm³/mol. The van der Waals surface area contributed by atoms with Crippen LogP contribution in [0, 0.1) is 0 Å². The van der Waals surface area contributed by atoms with Gasteiger partial charge in [-0.05, 0) is 38.6 Å². The molecule has 168 valence electrons. The van der Waals surface area contributed by atoms with Crippen LogP contribution in [-0.4, -0.2) is 73.9 Å². The van der Waals surface area contributed by atoms with Gasteiger partial charge in [0.2, 0.25) is 5.88 Å². The maximum absolute atomic E-state index is 15.4. The Morgan fingerprint density at radius 2 is 2.03 bits per heavy atom. The monoisotopic (exact) mass is 439 g/mol. The van der Waals surface area contributed by atoms with E-state index in [1.807, 2.05) is 20.0 Å². The van der Waals surface area contributed by atoms with Gasteiger partial charge in [0.15, 0.2) is 6.17 Å². The number of phenols is 1. The van der Waals surface area contributed by atoms with Crippen molar-refractivity contribution in [1.29, 1.82) is 0 Å². The summed E-state index contributed by atoms with van der Waals surface area (Å²) in [6, 6.07) is 8.74. The van der Waals surface area contributed by atoms with Crippen LogP contribution >= 0.6 is 0 Å². The maximum atomic E-state index is 15.4. The molecule has 9 heteroatoms. The minimum absolute atomic E-state index is 0.0152. The first-order valence-electron chi connectivity index (χ1n) is 10.6. The third-order valence-electron chi connectivity index (χ3n) is 7.02. The molecule has 3 aromatic rings. The second kappa shape index (κ2) is 7.83. The Morgan fingerprint density at radius 3 is 2.69 bits per heavy atom. The van der Waals surface area contributed by atoms with Crippen LogP contribution in [0.5, 0.6) is 11.6 Å². The van der Waals surface area contributed by atoms with E-state index >= 15 is 4.39 Å². The first kappa shape index (κ1) is 20.8. The van der Waals surface area contributed by atoms with Crippen LogP contribution in [0.2, 0.25) is 0 Å². The number of rotatable bonds is 5. The van der Waals surface area contributed by atoms with E-state index in [4.69, 9.17) is 9.47 Å². The number of methoxy groups -OCH3 is 1. The highest BCUT2D eigenvalue weighted by molar-refractivity contribution is 5.68. The van der Waals surface area contributed by atoms with Gasteiger partial charge in [-0.1, -0.05) is 0 Å². The maximum Gasteiger partial charge on any atom is 0.233 e. The van der Waals surface area contributed by atoms with Crippen LogP contribution in [0.1, 0.15) is 19.8 Å². The van der Waals surface area contributed by atoms with Gasteiger partial charge in [-0.25, -0.2) is 9.37 Å². The van der Waals surface area contributed by atoms with E-state index in [0.29, 0.717) is 24.1 Å². The molecule has 0 saturated carbocycles. The van der Waals surface area contributed by atoms with E-state index in [0.717, 1.165) is 5.69 Å². The lowest BCUT2D eigenvalue weighted by atomic mass is 9.87. The van der Waals surface area contributed by atoms with Gasteiger partial charge in [-0.3, -0.25) is 4.90 Å². The van der Waals surface area contributed by atoms with Gasteiger partial charge < -0.3 is 19.1 Å². The van der Waals surface area contributed by atoms with E-state index in [2.05, 4.69) is 20.1 Å². The van der Waals surface area contributed by atoms with Crippen LogP contribution in [0.25, 0.3) is 16.9 Å². The molecule has 5 rings (SSSR count). The van der Waals surface area contributed by atoms with Crippen LogP contribution in [0.15, 0.2) is 49.1 Å². The van der Waals surface area contributed by atoms with Gasteiger partial charge in [0, 0.05) is 49.7 Å². The molecule has 1 aromatic carbocycles. The van der Waals surface area contributed by atoms with Crippen molar-refractivity contribution >= 4 is 0 Å². The topological polar surface area (TPSA) is 85.5 Å². The van der Waals surface area contributed by atoms with Crippen molar-refractivity contribution in [3.8, 4) is 28.6 Å². The number of hydrogen-bond acceptors (Lipinski definition) is 7. The number of benzene rings is 1.